The number of hydrogen-bond donors (Lipinski definition) is 3. The van der Waals surface area contributed by atoms with Crippen LogP contribution >= 0.6 is 0 Å². The Kier molecular flexibility index (Phi) is 5.65. The van der Waals surface area contributed by atoms with Gasteiger partial charge < -0.3 is 10.6 Å². The van der Waals surface area contributed by atoms with Crippen LogP contribution < -0.4 is 15.4 Å². The normalized spacial score (nSPS) is 16.4. The van der Waals surface area contributed by atoms with Crippen LogP contribution in [0.3, 0.4) is 0 Å². The van der Waals surface area contributed by atoms with E-state index in [2.05, 4.69) is 25.3 Å². The molecule has 3 heterocycles. The average molecular weight is 425 g/mol. The molecule has 1 unspecified atom stereocenters. The first kappa shape index (κ1) is 20.2. The standard InChI is InChI=1S/C21H24N6O2S/c1-14-15(2)24-21(26-20(14)25-17-9-10-22-13-17)16-8-11-23-19(12-16)27-30(28,29)18-6-4-3-5-7-18/h3-8,11-12,17,22H,9-10,13H2,1-2H3,(H,23,27)(H,24,25,26). The molecule has 4 rings (SSSR count). The predicted octanol–water partition coefficient (Wildman–Crippen LogP) is 2.73. The highest BCUT2D eigenvalue weighted by atomic mass is 32.2. The lowest BCUT2D eigenvalue weighted by atomic mass is 10.2. The summed E-state index contributed by atoms with van der Waals surface area (Å²) in [6.45, 7) is 5.83. The molecule has 9 heteroatoms. The first-order chi connectivity index (χ1) is 14.4. The van der Waals surface area contributed by atoms with E-state index in [-0.39, 0.29) is 10.7 Å². The van der Waals surface area contributed by atoms with Crippen LogP contribution in [0.4, 0.5) is 11.6 Å². The molecule has 156 valence electrons. The molecule has 1 fully saturated rings. The maximum Gasteiger partial charge on any atom is 0.263 e. The van der Waals surface area contributed by atoms with Gasteiger partial charge in [-0.2, -0.15) is 0 Å². The van der Waals surface area contributed by atoms with Crippen LogP contribution in [0.2, 0.25) is 0 Å². The molecular weight excluding hydrogens is 400 g/mol. The van der Waals surface area contributed by atoms with E-state index in [9.17, 15) is 8.42 Å². The molecule has 1 atom stereocenters. The van der Waals surface area contributed by atoms with Gasteiger partial charge in [0.2, 0.25) is 0 Å². The van der Waals surface area contributed by atoms with Gasteiger partial charge in [-0.05, 0) is 51.1 Å². The summed E-state index contributed by atoms with van der Waals surface area (Å²) in [7, 11) is -3.72. The molecule has 0 radical (unpaired) electrons. The summed E-state index contributed by atoms with van der Waals surface area (Å²) in [4.78, 5) is 13.6. The van der Waals surface area contributed by atoms with Crippen molar-refractivity contribution in [1.82, 2.24) is 20.3 Å². The number of anilines is 2. The van der Waals surface area contributed by atoms with E-state index >= 15 is 0 Å². The molecule has 0 amide bonds. The molecule has 1 aromatic carbocycles. The van der Waals surface area contributed by atoms with Gasteiger partial charge >= 0.3 is 0 Å². The van der Waals surface area contributed by atoms with Crippen molar-refractivity contribution in [3.8, 4) is 11.4 Å². The Morgan fingerprint density at radius 3 is 2.63 bits per heavy atom. The van der Waals surface area contributed by atoms with Crippen LogP contribution in [-0.4, -0.2) is 42.5 Å². The third-order valence-corrected chi connectivity index (χ3v) is 6.47. The highest BCUT2D eigenvalue weighted by Crippen LogP contribution is 2.25. The summed E-state index contributed by atoms with van der Waals surface area (Å²) in [5, 5.41) is 6.83. The number of pyridine rings is 1. The van der Waals surface area contributed by atoms with Gasteiger partial charge in [0.05, 0.1) is 4.90 Å². The molecular formula is C21H24N6O2S. The van der Waals surface area contributed by atoms with Crippen LogP contribution in [0.25, 0.3) is 11.4 Å². The van der Waals surface area contributed by atoms with E-state index in [1.807, 2.05) is 13.8 Å². The third-order valence-electron chi connectivity index (χ3n) is 5.10. The van der Waals surface area contributed by atoms with E-state index in [0.29, 0.717) is 17.4 Å². The number of nitrogens with zero attached hydrogens (tertiary/aromatic N) is 3. The molecule has 8 nitrogen and oxygen atoms in total. The summed E-state index contributed by atoms with van der Waals surface area (Å²) < 4.78 is 27.7. The van der Waals surface area contributed by atoms with Gasteiger partial charge in [0.25, 0.3) is 10.0 Å². The summed E-state index contributed by atoms with van der Waals surface area (Å²) in [6, 6.07) is 11.9. The van der Waals surface area contributed by atoms with Crippen molar-refractivity contribution in [2.75, 3.05) is 23.1 Å². The monoisotopic (exact) mass is 424 g/mol. The maximum atomic E-state index is 12.6. The second-order valence-electron chi connectivity index (χ2n) is 7.29. The van der Waals surface area contributed by atoms with Crippen LogP contribution in [0, 0.1) is 13.8 Å². The van der Waals surface area contributed by atoms with Crippen LogP contribution in [0.5, 0.6) is 0 Å². The molecule has 3 N–H and O–H groups in total. The molecule has 0 bridgehead atoms. The molecule has 0 spiro atoms. The van der Waals surface area contributed by atoms with E-state index in [0.717, 1.165) is 36.6 Å². The Labute approximate surface area is 176 Å². The van der Waals surface area contributed by atoms with Gasteiger partial charge in [-0.1, -0.05) is 18.2 Å². The summed E-state index contributed by atoms with van der Waals surface area (Å²) >= 11 is 0. The lowest BCUT2D eigenvalue weighted by Gasteiger charge is -2.16. The number of benzene rings is 1. The fourth-order valence-corrected chi connectivity index (χ4v) is 4.31. The lowest BCUT2D eigenvalue weighted by Crippen LogP contribution is -2.23. The maximum absolute atomic E-state index is 12.6. The van der Waals surface area contributed by atoms with Gasteiger partial charge in [0.1, 0.15) is 11.6 Å². The highest BCUT2D eigenvalue weighted by molar-refractivity contribution is 7.92. The number of nitrogens with one attached hydrogen (secondary N) is 3. The van der Waals surface area contributed by atoms with Gasteiger partial charge in [0.15, 0.2) is 5.82 Å². The smallest absolute Gasteiger partial charge is 0.263 e. The summed E-state index contributed by atoms with van der Waals surface area (Å²) in [5.41, 5.74) is 2.56. The zero-order valence-electron chi connectivity index (χ0n) is 16.9. The molecule has 30 heavy (non-hydrogen) atoms. The Balaban J connectivity index is 1.63. The second-order valence-corrected chi connectivity index (χ2v) is 8.97. The average Bonchev–Trinajstić information content (AvgIpc) is 3.25. The lowest BCUT2D eigenvalue weighted by molar-refractivity contribution is 0.601. The number of sulfonamides is 1. The summed E-state index contributed by atoms with van der Waals surface area (Å²) in [5.74, 6) is 1.54. The van der Waals surface area contributed by atoms with E-state index in [1.54, 1.807) is 36.5 Å². The van der Waals surface area contributed by atoms with Crippen LogP contribution in [0.1, 0.15) is 17.7 Å². The van der Waals surface area contributed by atoms with Crippen molar-refractivity contribution < 1.29 is 8.42 Å². The molecule has 1 aliphatic rings. The fraction of sp³-hybridized carbons (Fsp3) is 0.286. The number of rotatable bonds is 6. The van der Waals surface area contributed by atoms with Gasteiger partial charge in [0, 0.05) is 35.6 Å². The van der Waals surface area contributed by atoms with E-state index in [1.165, 1.54) is 12.1 Å². The van der Waals surface area contributed by atoms with Crippen molar-refractivity contribution in [3.63, 3.8) is 0 Å². The minimum absolute atomic E-state index is 0.177. The number of aromatic nitrogens is 3. The Morgan fingerprint density at radius 1 is 1.10 bits per heavy atom. The Hall–Kier alpha value is -3.04. The van der Waals surface area contributed by atoms with Gasteiger partial charge in [-0.25, -0.2) is 23.4 Å². The molecule has 3 aromatic rings. The molecule has 1 aliphatic heterocycles. The third kappa shape index (κ3) is 4.42. The van der Waals surface area contributed by atoms with Crippen LogP contribution in [-0.2, 0) is 10.0 Å². The predicted molar refractivity (Wildman–Crippen MR) is 117 cm³/mol. The molecule has 0 aliphatic carbocycles. The molecule has 0 saturated carbocycles. The Morgan fingerprint density at radius 2 is 1.90 bits per heavy atom. The van der Waals surface area contributed by atoms with Crippen LogP contribution in [0.15, 0.2) is 53.6 Å². The second kappa shape index (κ2) is 8.37. The highest BCUT2D eigenvalue weighted by Gasteiger charge is 2.18. The topological polar surface area (TPSA) is 109 Å². The van der Waals surface area contributed by atoms with Crippen molar-refractivity contribution in [2.24, 2.45) is 0 Å². The van der Waals surface area contributed by atoms with Crippen molar-refractivity contribution in [3.05, 3.63) is 59.9 Å². The van der Waals surface area contributed by atoms with Crippen molar-refractivity contribution >= 4 is 21.7 Å². The van der Waals surface area contributed by atoms with Gasteiger partial charge in [-0.15, -0.1) is 0 Å². The molecule has 1 saturated heterocycles. The quantitative estimate of drug-likeness (QED) is 0.558. The van der Waals surface area contributed by atoms with Gasteiger partial charge in [-0.3, -0.25) is 4.72 Å². The largest absolute Gasteiger partial charge is 0.366 e. The minimum Gasteiger partial charge on any atom is -0.366 e. The van der Waals surface area contributed by atoms with Crippen molar-refractivity contribution in [2.45, 2.75) is 31.2 Å². The number of aryl methyl sites for hydroxylation is 1. The zero-order chi connectivity index (χ0) is 21.1. The summed E-state index contributed by atoms with van der Waals surface area (Å²) in [6.07, 6.45) is 2.59. The fourth-order valence-electron chi connectivity index (χ4n) is 3.29. The van der Waals surface area contributed by atoms with E-state index in [4.69, 9.17) is 4.98 Å². The van der Waals surface area contributed by atoms with Crippen molar-refractivity contribution in [1.29, 1.82) is 0 Å². The SMILES string of the molecule is Cc1nc(-c2ccnc(NS(=O)(=O)c3ccccc3)c2)nc(NC2CCNC2)c1C. The first-order valence-corrected chi connectivity index (χ1v) is 11.3. The molecule has 2 aromatic heterocycles. The van der Waals surface area contributed by atoms with E-state index < -0.39 is 10.0 Å². The number of hydrogen-bond acceptors (Lipinski definition) is 7. The first-order valence-electron chi connectivity index (χ1n) is 9.79. The minimum atomic E-state index is -3.72. The zero-order valence-corrected chi connectivity index (χ0v) is 17.7. The Bertz CT molecular complexity index is 1150.